The molecule has 1 aliphatic heterocycles. The number of thiocarbonyl (C=S) groups is 1. The zero-order valence-corrected chi connectivity index (χ0v) is 14.5. The number of benzene rings is 1. The lowest BCUT2D eigenvalue weighted by Crippen LogP contribution is -2.27. The third-order valence-electron chi connectivity index (χ3n) is 2.93. The van der Waals surface area contributed by atoms with Gasteiger partial charge in [0.1, 0.15) is 0 Å². The van der Waals surface area contributed by atoms with Gasteiger partial charge >= 0.3 is 5.00 Å². The molecule has 0 aliphatic carbocycles. The van der Waals surface area contributed by atoms with Gasteiger partial charge in [-0.1, -0.05) is 53.0 Å². The molecule has 1 aliphatic rings. The van der Waals surface area contributed by atoms with Crippen molar-refractivity contribution in [3.8, 4) is 0 Å². The predicted octanol–water partition coefficient (Wildman–Crippen LogP) is 4.72. The molecule has 116 valence electrons. The summed E-state index contributed by atoms with van der Waals surface area (Å²) in [5, 5.41) is 11.3. The lowest BCUT2D eigenvalue weighted by Gasteiger charge is -2.14. The fourth-order valence-electron chi connectivity index (χ4n) is 1.95. The number of amides is 1. The summed E-state index contributed by atoms with van der Waals surface area (Å²) in [4.78, 5) is 25.3. The Kier molecular flexibility index (Phi) is 4.49. The molecule has 9 heteroatoms. The van der Waals surface area contributed by atoms with Crippen molar-refractivity contribution in [2.45, 2.75) is 0 Å². The van der Waals surface area contributed by atoms with Crippen LogP contribution in [0.25, 0.3) is 6.08 Å². The second-order valence-corrected chi connectivity index (χ2v) is 7.64. The van der Waals surface area contributed by atoms with Crippen molar-refractivity contribution in [2.24, 2.45) is 0 Å². The lowest BCUT2D eigenvalue weighted by atomic mass is 10.3. The van der Waals surface area contributed by atoms with Crippen molar-refractivity contribution >= 4 is 73.9 Å². The number of thiophene rings is 1. The molecule has 5 nitrogen and oxygen atoms in total. The number of carbonyl (C=O) groups is 1. The first kappa shape index (κ1) is 16.1. The van der Waals surface area contributed by atoms with Crippen LogP contribution in [0.5, 0.6) is 0 Å². The third kappa shape index (κ3) is 3.30. The molecule has 0 atom stereocenters. The Hall–Kier alpha value is -1.74. The van der Waals surface area contributed by atoms with Gasteiger partial charge < -0.3 is 0 Å². The van der Waals surface area contributed by atoms with Gasteiger partial charge in [-0.05, 0) is 30.3 Å². The minimum atomic E-state index is -0.459. The Morgan fingerprint density at radius 3 is 2.74 bits per heavy atom. The molecule has 1 aromatic carbocycles. The molecule has 3 rings (SSSR count). The van der Waals surface area contributed by atoms with E-state index < -0.39 is 4.92 Å². The van der Waals surface area contributed by atoms with E-state index in [0.717, 1.165) is 23.1 Å². The molecule has 1 fully saturated rings. The van der Waals surface area contributed by atoms with Crippen molar-refractivity contribution in [3.05, 3.63) is 61.3 Å². The van der Waals surface area contributed by atoms with E-state index in [1.807, 2.05) is 0 Å². The average Bonchev–Trinajstić information content (AvgIpc) is 3.05. The maximum absolute atomic E-state index is 12.5. The average molecular weight is 383 g/mol. The van der Waals surface area contributed by atoms with E-state index in [4.69, 9.17) is 23.8 Å². The largest absolute Gasteiger partial charge is 0.324 e. The third-order valence-corrected chi connectivity index (χ3v) is 5.45. The molecule has 0 N–H and O–H groups in total. The maximum Gasteiger partial charge on any atom is 0.324 e. The lowest BCUT2D eigenvalue weighted by molar-refractivity contribution is -0.380. The first-order chi connectivity index (χ1) is 11.0. The van der Waals surface area contributed by atoms with Gasteiger partial charge in [-0.3, -0.25) is 19.8 Å². The minimum absolute atomic E-state index is 0.0292. The number of nitro groups is 1. The van der Waals surface area contributed by atoms with Gasteiger partial charge in [0.2, 0.25) is 0 Å². The van der Waals surface area contributed by atoms with Crippen LogP contribution in [-0.2, 0) is 4.79 Å². The van der Waals surface area contributed by atoms with Crippen molar-refractivity contribution in [2.75, 3.05) is 4.90 Å². The first-order valence-corrected chi connectivity index (χ1v) is 8.65. The topological polar surface area (TPSA) is 63.4 Å². The van der Waals surface area contributed by atoms with Crippen LogP contribution in [-0.4, -0.2) is 15.2 Å². The van der Waals surface area contributed by atoms with E-state index in [1.165, 1.54) is 11.0 Å². The summed E-state index contributed by atoms with van der Waals surface area (Å²) in [6, 6.07) is 9.87. The van der Waals surface area contributed by atoms with Crippen LogP contribution in [0.1, 0.15) is 4.88 Å². The molecular formula is C14H7ClN2O3S3. The monoisotopic (exact) mass is 382 g/mol. The van der Waals surface area contributed by atoms with Crippen LogP contribution in [0.2, 0.25) is 5.02 Å². The van der Waals surface area contributed by atoms with Crippen molar-refractivity contribution < 1.29 is 9.72 Å². The highest BCUT2D eigenvalue weighted by Crippen LogP contribution is 2.38. The summed E-state index contributed by atoms with van der Waals surface area (Å²) in [6.45, 7) is 0. The van der Waals surface area contributed by atoms with Gasteiger partial charge in [0, 0.05) is 16.0 Å². The second-order valence-electron chi connectivity index (χ2n) is 4.43. The van der Waals surface area contributed by atoms with Crippen LogP contribution in [0.3, 0.4) is 0 Å². The number of nitrogens with zero attached hydrogens (tertiary/aromatic N) is 2. The summed E-state index contributed by atoms with van der Waals surface area (Å²) in [6.07, 6.45) is 1.61. The molecule has 1 amide bonds. The number of carbonyl (C=O) groups excluding carboxylic acids is 1. The molecule has 2 heterocycles. The van der Waals surface area contributed by atoms with Gasteiger partial charge in [-0.25, -0.2) is 0 Å². The number of anilines is 1. The SMILES string of the molecule is O=C1/C(=C\c2ccc([N+](=O)[O-])s2)SC(=S)N1c1cccc(Cl)c1. The number of hydrogen-bond acceptors (Lipinski definition) is 6. The smallest absolute Gasteiger partial charge is 0.268 e. The van der Waals surface area contributed by atoms with E-state index in [9.17, 15) is 14.9 Å². The highest BCUT2D eigenvalue weighted by atomic mass is 35.5. The molecule has 2 aromatic rings. The molecule has 0 bridgehead atoms. The van der Waals surface area contributed by atoms with Crippen molar-refractivity contribution in [1.29, 1.82) is 0 Å². The fraction of sp³-hybridized carbons (Fsp3) is 0. The quantitative estimate of drug-likeness (QED) is 0.333. The summed E-state index contributed by atoms with van der Waals surface area (Å²) >= 11 is 13.4. The van der Waals surface area contributed by atoms with Crippen molar-refractivity contribution in [1.82, 2.24) is 0 Å². The number of rotatable bonds is 3. The van der Waals surface area contributed by atoms with Crippen LogP contribution in [0.4, 0.5) is 10.7 Å². The van der Waals surface area contributed by atoms with Gasteiger partial charge in [-0.2, -0.15) is 0 Å². The Morgan fingerprint density at radius 1 is 1.30 bits per heavy atom. The molecule has 0 radical (unpaired) electrons. The summed E-state index contributed by atoms with van der Waals surface area (Å²) in [7, 11) is 0. The first-order valence-electron chi connectivity index (χ1n) is 6.23. The normalized spacial score (nSPS) is 16.4. The van der Waals surface area contributed by atoms with Gasteiger partial charge in [0.15, 0.2) is 4.32 Å². The molecule has 0 unspecified atom stereocenters. The minimum Gasteiger partial charge on any atom is -0.268 e. The molecule has 1 aromatic heterocycles. The zero-order valence-electron chi connectivity index (χ0n) is 11.3. The van der Waals surface area contributed by atoms with Gasteiger partial charge in [0.05, 0.1) is 15.5 Å². The predicted molar refractivity (Wildman–Crippen MR) is 98.1 cm³/mol. The van der Waals surface area contributed by atoms with E-state index in [0.29, 0.717) is 24.8 Å². The molecule has 1 saturated heterocycles. The van der Waals surface area contributed by atoms with Gasteiger partial charge in [-0.15, -0.1) is 0 Å². The van der Waals surface area contributed by atoms with E-state index in [2.05, 4.69) is 0 Å². The highest BCUT2D eigenvalue weighted by molar-refractivity contribution is 8.27. The summed E-state index contributed by atoms with van der Waals surface area (Å²) < 4.78 is 0.398. The fourth-order valence-corrected chi connectivity index (χ4v) is 4.27. The second kappa shape index (κ2) is 6.40. The van der Waals surface area contributed by atoms with Crippen LogP contribution < -0.4 is 4.90 Å². The molecule has 0 spiro atoms. The van der Waals surface area contributed by atoms with Crippen molar-refractivity contribution in [3.63, 3.8) is 0 Å². The molecular weight excluding hydrogens is 376 g/mol. The Labute approximate surface area is 149 Å². The molecule has 23 heavy (non-hydrogen) atoms. The van der Waals surface area contributed by atoms with E-state index >= 15 is 0 Å². The van der Waals surface area contributed by atoms with Crippen LogP contribution in [0, 0.1) is 10.1 Å². The standard InChI is InChI=1S/C14H7ClN2O3S3/c15-8-2-1-3-9(6-8)16-13(18)11(23-14(16)21)7-10-4-5-12(22-10)17(19)20/h1-7H/b11-7+. The van der Waals surface area contributed by atoms with E-state index in [-0.39, 0.29) is 10.9 Å². The number of thioether (sulfide) groups is 1. The zero-order chi connectivity index (χ0) is 16.6. The highest BCUT2D eigenvalue weighted by Gasteiger charge is 2.33. The maximum atomic E-state index is 12.5. The summed E-state index contributed by atoms with van der Waals surface area (Å²) in [5.74, 6) is -0.265. The van der Waals surface area contributed by atoms with Gasteiger partial charge in [0.25, 0.3) is 5.91 Å². The molecule has 0 saturated carbocycles. The Balaban J connectivity index is 1.91. The summed E-state index contributed by atoms with van der Waals surface area (Å²) in [5.41, 5.74) is 0.598. The Bertz CT molecular complexity index is 862. The number of halogens is 1. The van der Waals surface area contributed by atoms with Crippen LogP contribution >= 0.6 is 46.9 Å². The Morgan fingerprint density at radius 2 is 2.09 bits per heavy atom. The number of hydrogen-bond donors (Lipinski definition) is 0. The van der Waals surface area contributed by atoms with Crippen LogP contribution in [0.15, 0.2) is 41.3 Å². The van der Waals surface area contributed by atoms with E-state index in [1.54, 1.807) is 36.4 Å².